The van der Waals surface area contributed by atoms with Crippen LogP contribution in [0.1, 0.15) is 6.92 Å². The lowest BCUT2D eigenvalue weighted by molar-refractivity contribution is -0.385. The number of hydrogen-bond donors (Lipinski definition) is 0. The number of esters is 1. The van der Waals surface area contributed by atoms with Gasteiger partial charge in [0.1, 0.15) is 18.0 Å². The quantitative estimate of drug-likeness (QED) is 0.241. The zero-order chi connectivity index (χ0) is 19.9. The maximum atomic E-state index is 11.6. The monoisotopic (exact) mass is 385 g/mol. The van der Waals surface area contributed by atoms with Crippen molar-refractivity contribution in [2.24, 2.45) is 0 Å². The summed E-state index contributed by atoms with van der Waals surface area (Å²) in [5.41, 5.74) is 2.09. The number of imidazole rings is 1. The van der Waals surface area contributed by atoms with Crippen LogP contribution in [0.4, 0.5) is 5.69 Å². The molecule has 146 valence electrons. The van der Waals surface area contributed by atoms with Crippen molar-refractivity contribution in [2.75, 3.05) is 26.4 Å². The summed E-state index contributed by atoms with van der Waals surface area (Å²) in [6.45, 7) is 2.80. The van der Waals surface area contributed by atoms with Crippen LogP contribution in [0.25, 0.3) is 16.9 Å². The minimum Gasteiger partial charge on any atom is -0.482 e. The first kappa shape index (κ1) is 19.3. The van der Waals surface area contributed by atoms with Crippen molar-refractivity contribution in [1.82, 2.24) is 9.38 Å². The Labute approximate surface area is 160 Å². The van der Waals surface area contributed by atoms with Crippen LogP contribution < -0.4 is 4.74 Å². The Morgan fingerprint density at radius 1 is 1.14 bits per heavy atom. The number of ether oxygens (including phenoxy) is 3. The molecule has 0 atom stereocenters. The molecule has 9 heteroatoms. The molecule has 0 radical (unpaired) electrons. The van der Waals surface area contributed by atoms with Crippen LogP contribution in [0.2, 0.25) is 0 Å². The molecule has 0 unspecified atom stereocenters. The summed E-state index contributed by atoms with van der Waals surface area (Å²) in [7, 11) is 0. The van der Waals surface area contributed by atoms with Crippen LogP contribution in [0, 0.1) is 10.1 Å². The highest BCUT2D eigenvalue weighted by atomic mass is 16.6. The molecule has 0 saturated heterocycles. The third-order valence-electron chi connectivity index (χ3n) is 3.85. The maximum absolute atomic E-state index is 11.6. The minimum absolute atomic E-state index is 0.00617. The summed E-state index contributed by atoms with van der Waals surface area (Å²) in [4.78, 5) is 26.5. The Balaban J connectivity index is 1.60. The molecule has 0 amide bonds. The number of benzene rings is 1. The Morgan fingerprint density at radius 3 is 2.64 bits per heavy atom. The highest BCUT2D eigenvalue weighted by molar-refractivity contribution is 5.71. The number of nitrogens with zero attached hydrogens (tertiary/aromatic N) is 3. The highest BCUT2D eigenvalue weighted by Crippen LogP contribution is 2.23. The number of hydrogen-bond acceptors (Lipinski definition) is 7. The maximum Gasteiger partial charge on any atom is 0.344 e. The van der Waals surface area contributed by atoms with Gasteiger partial charge in [0.2, 0.25) is 0 Å². The van der Waals surface area contributed by atoms with Crippen molar-refractivity contribution in [1.29, 1.82) is 0 Å². The number of fused-ring (bicyclic) bond motifs is 1. The van der Waals surface area contributed by atoms with Gasteiger partial charge in [-0.2, -0.15) is 0 Å². The van der Waals surface area contributed by atoms with Gasteiger partial charge in [0.05, 0.1) is 23.4 Å². The molecule has 3 aromatic rings. The number of nitro groups is 1. The van der Waals surface area contributed by atoms with E-state index in [2.05, 4.69) is 4.98 Å². The van der Waals surface area contributed by atoms with E-state index >= 15 is 0 Å². The summed E-state index contributed by atoms with van der Waals surface area (Å²) in [6, 6.07) is 10.0. The minimum atomic E-state index is -0.467. The van der Waals surface area contributed by atoms with Crippen LogP contribution in [0.15, 0.2) is 48.8 Å². The Bertz CT molecular complexity index is 967. The molecule has 0 aliphatic heterocycles. The zero-order valence-electron chi connectivity index (χ0n) is 15.2. The predicted molar refractivity (Wildman–Crippen MR) is 100 cm³/mol. The first-order valence-electron chi connectivity index (χ1n) is 8.66. The lowest BCUT2D eigenvalue weighted by atomic mass is 10.2. The largest absolute Gasteiger partial charge is 0.482 e. The predicted octanol–water partition coefficient (Wildman–Crippen LogP) is 2.87. The SMILES string of the molecule is CCOCCOC(=O)COc1ccc(-c2cn3cc([N+](=O)[O-])ccc3n2)cc1. The molecule has 0 aliphatic carbocycles. The lowest BCUT2D eigenvalue weighted by Crippen LogP contribution is -2.17. The smallest absolute Gasteiger partial charge is 0.344 e. The van der Waals surface area contributed by atoms with Gasteiger partial charge in [-0.15, -0.1) is 0 Å². The van der Waals surface area contributed by atoms with Crippen molar-refractivity contribution in [3.05, 3.63) is 58.9 Å². The molecule has 1 aromatic carbocycles. The van der Waals surface area contributed by atoms with Crippen molar-refractivity contribution < 1.29 is 23.9 Å². The van der Waals surface area contributed by atoms with Crippen LogP contribution >= 0.6 is 0 Å². The summed E-state index contributed by atoms with van der Waals surface area (Å²) in [5.74, 6) is 0.0515. The van der Waals surface area contributed by atoms with E-state index in [1.54, 1.807) is 40.9 Å². The second-order valence-electron chi connectivity index (χ2n) is 5.77. The Kier molecular flexibility index (Phi) is 6.18. The average Bonchev–Trinajstić information content (AvgIpc) is 3.13. The molecule has 3 rings (SSSR count). The molecular weight excluding hydrogens is 366 g/mol. The number of pyridine rings is 1. The van der Waals surface area contributed by atoms with Crippen molar-refractivity contribution in [3.8, 4) is 17.0 Å². The van der Waals surface area contributed by atoms with Gasteiger partial charge in [-0.05, 0) is 37.3 Å². The summed E-state index contributed by atoms with van der Waals surface area (Å²) >= 11 is 0. The zero-order valence-corrected chi connectivity index (χ0v) is 15.2. The molecule has 2 heterocycles. The van der Waals surface area contributed by atoms with Gasteiger partial charge in [-0.25, -0.2) is 9.78 Å². The molecule has 0 saturated carbocycles. The van der Waals surface area contributed by atoms with Gasteiger partial charge >= 0.3 is 5.97 Å². The van der Waals surface area contributed by atoms with Crippen LogP contribution in [0.5, 0.6) is 5.75 Å². The first-order valence-corrected chi connectivity index (χ1v) is 8.66. The third kappa shape index (κ3) is 4.83. The summed E-state index contributed by atoms with van der Waals surface area (Å²) < 4.78 is 17.1. The second-order valence-corrected chi connectivity index (χ2v) is 5.77. The lowest BCUT2D eigenvalue weighted by Gasteiger charge is -2.07. The van der Waals surface area contributed by atoms with Crippen LogP contribution in [-0.4, -0.2) is 46.7 Å². The van der Waals surface area contributed by atoms with Gasteiger partial charge in [0, 0.05) is 24.4 Å². The van der Waals surface area contributed by atoms with E-state index in [-0.39, 0.29) is 18.9 Å². The van der Waals surface area contributed by atoms with Gasteiger partial charge in [-0.3, -0.25) is 14.5 Å². The van der Waals surface area contributed by atoms with E-state index in [0.29, 0.717) is 30.3 Å². The van der Waals surface area contributed by atoms with E-state index in [9.17, 15) is 14.9 Å². The average molecular weight is 385 g/mol. The fourth-order valence-electron chi connectivity index (χ4n) is 2.49. The van der Waals surface area contributed by atoms with Gasteiger partial charge in [-0.1, -0.05) is 0 Å². The molecular formula is C19H19N3O6. The fourth-order valence-corrected chi connectivity index (χ4v) is 2.49. The van der Waals surface area contributed by atoms with E-state index < -0.39 is 10.9 Å². The summed E-state index contributed by atoms with van der Waals surface area (Å²) in [5, 5.41) is 10.9. The molecule has 0 N–H and O–H groups in total. The molecule has 28 heavy (non-hydrogen) atoms. The topological polar surface area (TPSA) is 105 Å². The van der Waals surface area contributed by atoms with Crippen molar-refractivity contribution in [2.45, 2.75) is 6.92 Å². The van der Waals surface area contributed by atoms with Gasteiger partial charge < -0.3 is 14.2 Å². The molecule has 0 bridgehead atoms. The van der Waals surface area contributed by atoms with E-state index in [1.807, 2.05) is 6.92 Å². The van der Waals surface area contributed by atoms with Crippen LogP contribution in [-0.2, 0) is 14.3 Å². The molecule has 9 nitrogen and oxygen atoms in total. The van der Waals surface area contributed by atoms with Gasteiger partial charge in [0.15, 0.2) is 6.61 Å². The van der Waals surface area contributed by atoms with Crippen LogP contribution in [0.3, 0.4) is 0 Å². The van der Waals surface area contributed by atoms with Gasteiger partial charge in [0.25, 0.3) is 5.69 Å². The Morgan fingerprint density at radius 2 is 1.93 bits per heavy atom. The van der Waals surface area contributed by atoms with E-state index in [4.69, 9.17) is 14.2 Å². The first-order chi connectivity index (χ1) is 13.6. The molecule has 0 aliphatic rings. The van der Waals surface area contributed by atoms with E-state index in [1.165, 1.54) is 12.3 Å². The number of carbonyl (C=O) groups excluding carboxylic acids is 1. The van der Waals surface area contributed by atoms with E-state index in [0.717, 1.165) is 5.56 Å². The van der Waals surface area contributed by atoms with Crippen molar-refractivity contribution in [3.63, 3.8) is 0 Å². The molecule has 0 spiro atoms. The fraction of sp³-hybridized carbons (Fsp3) is 0.263. The standard InChI is InChI=1S/C19H19N3O6/c1-2-26-9-10-27-19(23)13-28-16-6-3-14(4-7-16)17-12-21-11-15(22(24)25)5-8-18(21)20-17/h3-8,11-12H,2,9-10,13H2,1H3. The molecule has 0 fully saturated rings. The normalized spacial score (nSPS) is 10.8. The highest BCUT2D eigenvalue weighted by Gasteiger charge is 2.10. The number of rotatable bonds is 9. The molecule has 2 aromatic heterocycles. The Hall–Kier alpha value is -3.46. The van der Waals surface area contributed by atoms with Crippen molar-refractivity contribution >= 4 is 17.3 Å². The number of aromatic nitrogens is 2. The number of carbonyl (C=O) groups is 1. The third-order valence-corrected chi connectivity index (χ3v) is 3.85. The summed E-state index contributed by atoms with van der Waals surface area (Å²) in [6.07, 6.45) is 3.13. The second kappa shape index (κ2) is 8.96.